The van der Waals surface area contributed by atoms with Gasteiger partial charge in [0.15, 0.2) is 5.78 Å². The average molecular weight is 174 g/mol. The molecule has 0 atom stereocenters. The number of aldehydes is 1. The number of carbonyl (C=O) groups excluding carboxylic acids is 2. The number of carbonyl (C=O) groups is 2. The first-order chi connectivity index (χ1) is 6.33. The lowest BCUT2D eigenvalue weighted by Gasteiger charge is -2.15. The Balaban J connectivity index is 2.60. The smallest absolute Gasteiger partial charge is 0.163 e. The molecule has 0 heterocycles. The molecule has 1 aromatic carbocycles. The molecule has 0 radical (unpaired) electrons. The summed E-state index contributed by atoms with van der Waals surface area (Å²) in [5.74, 6) is 0.171. The molecule has 0 unspecified atom stereocenters. The van der Waals surface area contributed by atoms with Crippen molar-refractivity contribution in [2.75, 3.05) is 0 Å². The van der Waals surface area contributed by atoms with E-state index in [-0.39, 0.29) is 5.78 Å². The first-order valence-corrected chi connectivity index (χ1v) is 4.43. The van der Waals surface area contributed by atoms with Crippen LogP contribution in [0.5, 0.6) is 0 Å². The Bertz CT molecular complexity index is 366. The molecule has 2 rings (SSSR count). The summed E-state index contributed by atoms with van der Waals surface area (Å²) in [6, 6.07) is 5.35. The van der Waals surface area contributed by atoms with Crippen LogP contribution in [0.15, 0.2) is 18.2 Å². The van der Waals surface area contributed by atoms with Crippen molar-refractivity contribution in [3.05, 3.63) is 34.9 Å². The van der Waals surface area contributed by atoms with Gasteiger partial charge in [-0.25, -0.2) is 0 Å². The Hall–Kier alpha value is -1.44. The van der Waals surface area contributed by atoms with Gasteiger partial charge in [-0.3, -0.25) is 9.59 Å². The van der Waals surface area contributed by atoms with Gasteiger partial charge in [0.2, 0.25) is 0 Å². The molecule has 0 saturated carbocycles. The van der Waals surface area contributed by atoms with Gasteiger partial charge in [0, 0.05) is 17.5 Å². The van der Waals surface area contributed by atoms with Crippen molar-refractivity contribution in [3.8, 4) is 0 Å². The summed E-state index contributed by atoms with van der Waals surface area (Å²) in [5, 5.41) is 0. The maximum absolute atomic E-state index is 11.4. The van der Waals surface area contributed by atoms with Crippen LogP contribution in [0, 0.1) is 0 Å². The summed E-state index contributed by atoms with van der Waals surface area (Å²) in [7, 11) is 0. The zero-order valence-corrected chi connectivity index (χ0v) is 7.25. The molecular weight excluding hydrogens is 164 g/mol. The second-order valence-corrected chi connectivity index (χ2v) is 3.27. The van der Waals surface area contributed by atoms with E-state index in [9.17, 15) is 9.59 Å². The molecule has 0 aromatic heterocycles. The quantitative estimate of drug-likeness (QED) is 0.610. The zero-order valence-electron chi connectivity index (χ0n) is 7.25. The van der Waals surface area contributed by atoms with Crippen LogP contribution in [0.1, 0.15) is 39.1 Å². The van der Waals surface area contributed by atoms with E-state index in [0.29, 0.717) is 12.0 Å². The fourth-order valence-corrected chi connectivity index (χ4v) is 1.82. The van der Waals surface area contributed by atoms with Gasteiger partial charge in [-0.1, -0.05) is 18.2 Å². The molecule has 0 bridgehead atoms. The third-order valence-corrected chi connectivity index (χ3v) is 2.47. The molecule has 1 aliphatic carbocycles. The number of benzene rings is 1. The molecule has 0 aliphatic heterocycles. The summed E-state index contributed by atoms with van der Waals surface area (Å²) in [6.07, 6.45) is 3.18. The highest BCUT2D eigenvalue weighted by molar-refractivity contribution is 6.00. The van der Waals surface area contributed by atoms with E-state index in [1.807, 2.05) is 6.07 Å². The van der Waals surface area contributed by atoms with E-state index in [2.05, 4.69) is 0 Å². The summed E-state index contributed by atoms with van der Waals surface area (Å²) >= 11 is 0. The average Bonchev–Trinajstić information content (AvgIpc) is 2.18. The number of rotatable bonds is 1. The molecule has 1 aromatic rings. The predicted octanol–water partition coefficient (Wildman–Crippen LogP) is 2.02. The maximum atomic E-state index is 11.4. The molecule has 0 saturated heterocycles. The third kappa shape index (κ3) is 1.28. The van der Waals surface area contributed by atoms with Crippen LogP contribution in [0.3, 0.4) is 0 Å². The van der Waals surface area contributed by atoms with Gasteiger partial charge in [0.1, 0.15) is 6.29 Å². The van der Waals surface area contributed by atoms with Crippen LogP contribution in [0.4, 0.5) is 0 Å². The number of hydrogen-bond acceptors (Lipinski definition) is 2. The molecule has 13 heavy (non-hydrogen) atoms. The molecular formula is C11H10O2. The highest BCUT2D eigenvalue weighted by atomic mass is 16.1. The summed E-state index contributed by atoms with van der Waals surface area (Å²) < 4.78 is 0. The number of fused-ring (bicyclic) bond motifs is 1. The monoisotopic (exact) mass is 174 g/mol. The van der Waals surface area contributed by atoms with Gasteiger partial charge in [0.25, 0.3) is 0 Å². The minimum absolute atomic E-state index is 0.171. The van der Waals surface area contributed by atoms with Crippen LogP contribution in [0.2, 0.25) is 0 Å². The number of ketones is 1. The molecule has 0 amide bonds. The normalized spacial score (nSPS) is 15.2. The second kappa shape index (κ2) is 3.13. The Kier molecular flexibility index (Phi) is 1.97. The Morgan fingerprint density at radius 1 is 1.23 bits per heavy atom. The van der Waals surface area contributed by atoms with Crippen molar-refractivity contribution < 1.29 is 9.59 Å². The van der Waals surface area contributed by atoms with Crippen molar-refractivity contribution in [3.63, 3.8) is 0 Å². The second-order valence-electron chi connectivity index (χ2n) is 3.27. The molecule has 0 fully saturated rings. The first-order valence-electron chi connectivity index (χ1n) is 4.43. The topological polar surface area (TPSA) is 34.1 Å². The van der Waals surface area contributed by atoms with Gasteiger partial charge in [-0.2, -0.15) is 0 Å². The third-order valence-electron chi connectivity index (χ3n) is 2.47. The minimum Gasteiger partial charge on any atom is -0.298 e. The van der Waals surface area contributed by atoms with E-state index in [0.717, 1.165) is 30.3 Å². The molecule has 2 nitrogen and oxygen atoms in total. The SMILES string of the molecule is O=Cc1cccc2c1CCCC2=O. The minimum atomic E-state index is 0.171. The summed E-state index contributed by atoms with van der Waals surface area (Å²) in [6.45, 7) is 0. The molecule has 66 valence electrons. The lowest BCUT2D eigenvalue weighted by Crippen LogP contribution is -2.12. The van der Waals surface area contributed by atoms with Crippen molar-refractivity contribution in [1.82, 2.24) is 0 Å². The van der Waals surface area contributed by atoms with E-state index in [1.54, 1.807) is 12.1 Å². The highest BCUT2D eigenvalue weighted by Gasteiger charge is 2.18. The predicted molar refractivity (Wildman–Crippen MR) is 49.1 cm³/mol. The summed E-state index contributed by atoms with van der Waals surface area (Å²) in [4.78, 5) is 22.1. The van der Waals surface area contributed by atoms with Gasteiger partial charge in [-0.05, 0) is 18.4 Å². The van der Waals surface area contributed by atoms with Crippen LogP contribution in [-0.4, -0.2) is 12.1 Å². The van der Waals surface area contributed by atoms with E-state index in [4.69, 9.17) is 0 Å². The first kappa shape index (κ1) is 8.17. The number of hydrogen-bond donors (Lipinski definition) is 0. The largest absolute Gasteiger partial charge is 0.298 e. The summed E-state index contributed by atoms with van der Waals surface area (Å²) in [5.41, 5.74) is 2.36. The van der Waals surface area contributed by atoms with Crippen LogP contribution >= 0.6 is 0 Å². The van der Waals surface area contributed by atoms with Crippen molar-refractivity contribution in [1.29, 1.82) is 0 Å². The van der Waals surface area contributed by atoms with E-state index >= 15 is 0 Å². The molecule has 0 N–H and O–H groups in total. The Labute approximate surface area is 76.6 Å². The Morgan fingerprint density at radius 3 is 2.85 bits per heavy atom. The van der Waals surface area contributed by atoms with Crippen LogP contribution in [0.25, 0.3) is 0 Å². The lowest BCUT2D eigenvalue weighted by atomic mass is 9.88. The fourth-order valence-electron chi connectivity index (χ4n) is 1.82. The maximum Gasteiger partial charge on any atom is 0.163 e. The molecule has 0 spiro atoms. The van der Waals surface area contributed by atoms with Gasteiger partial charge in [0.05, 0.1) is 0 Å². The van der Waals surface area contributed by atoms with Crippen LogP contribution in [-0.2, 0) is 6.42 Å². The van der Waals surface area contributed by atoms with Gasteiger partial charge < -0.3 is 0 Å². The van der Waals surface area contributed by atoms with Crippen LogP contribution < -0.4 is 0 Å². The van der Waals surface area contributed by atoms with E-state index < -0.39 is 0 Å². The zero-order chi connectivity index (χ0) is 9.26. The molecule has 2 heteroatoms. The van der Waals surface area contributed by atoms with Gasteiger partial charge in [-0.15, -0.1) is 0 Å². The standard InChI is InChI=1S/C11H10O2/c12-7-8-3-1-5-10-9(8)4-2-6-11(10)13/h1,3,5,7H,2,4,6H2. The van der Waals surface area contributed by atoms with E-state index in [1.165, 1.54) is 0 Å². The van der Waals surface area contributed by atoms with Crippen molar-refractivity contribution >= 4 is 12.1 Å². The van der Waals surface area contributed by atoms with Crippen molar-refractivity contribution in [2.45, 2.75) is 19.3 Å². The van der Waals surface area contributed by atoms with Gasteiger partial charge >= 0.3 is 0 Å². The lowest BCUT2D eigenvalue weighted by molar-refractivity contribution is 0.0972. The fraction of sp³-hybridized carbons (Fsp3) is 0.273. The number of Topliss-reactive ketones (excluding diaryl/α,β-unsaturated/α-hetero) is 1. The van der Waals surface area contributed by atoms with Crippen molar-refractivity contribution in [2.24, 2.45) is 0 Å². The Morgan fingerprint density at radius 2 is 2.08 bits per heavy atom. The highest BCUT2D eigenvalue weighted by Crippen LogP contribution is 2.23. The molecule has 1 aliphatic rings.